The molecule has 1 atom stereocenters. The topological polar surface area (TPSA) is 48.3 Å². The third-order valence-corrected chi connectivity index (χ3v) is 3.81. The van der Waals surface area contributed by atoms with E-state index < -0.39 is 5.54 Å². The fraction of sp³-hybridized carbons (Fsp3) is 0.588. The fourth-order valence-corrected chi connectivity index (χ4v) is 2.50. The maximum absolute atomic E-state index is 9.86. The second-order valence-corrected chi connectivity index (χ2v) is 5.74. The van der Waals surface area contributed by atoms with Crippen LogP contribution in [0.25, 0.3) is 0 Å². The molecule has 0 spiro atoms. The van der Waals surface area contributed by atoms with Crippen molar-refractivity contribution < 1.29 is 4.74 Å². The predicted octanol–water partition coefficient (Wildman–Crippen LogP) is 2.13. The normalized spacial score (nSPS) is 17.4. The van der Waals surface area contributed by atoms with Gasteiger partial charge in [0.1, 0.15) is 5.54 Å². The number of nitriles is 1. The molecule has 21 heavy (non-hydrogen) atoms. The Morgan fingerprint density at radius 2 is 2.10 bits per heavy atom. The SMILES string of the molecule is CCOCCN(C)CC(C#N)(NC1CC1)c1ccccc1. The molecule has 0 radical (unpaired) electrons. The van der Waals surface area contributed by atoms with E-state index in [2.05, 4.69) is 16.3 Å². The lowest BCUT2D eigenvalue weighted by atomic mass is 9.90. The predicted molar refractivity (Wildman–Crippen MR) is 83.9 cm³/mol. The van der Waals surface area contributed by atoms with Crippen LogP contribution in [-0.4, -0.2) is 44.3 Å². The summed E-state index contributed by atoms with van der Waals surface area (Å²) in [4.78, 5) is 2.17. The molecule has 1 aromatic rings. The van der Waals surface area contributed by atoms with E-state index >= 15 is 0 Å². The summed E-state index contributed by atoms with van der Waals surface area (Å²) < 4.78 is 5.41. The molecule has 1 aromatic carbocycles. The first-order valence-electron chi connectivity index (χ1n) is 7.71. The van der Waals surface area contributed by atoms with Crippen molar-refractivity contribution in [3.05, 3.63) is 35.9 Å². The average molecular weight is 287 g/mol. The molecular formula is C17H25N3O. The molecule has 114 valence electrons. The molecular weight excluding hydrogens is 262 g/mol. The van der Waals surface area contributed by atoms with Gasteiger partial charge in [0, 0.05) is 25.7 Å². The monoisotopic (exact) mass is 287 g/mol. The molecule has 1 aliphatic rings. The fourth-order valence-electron chi connectivity index (χ4n) is 2.50. The Kier molecular flexibility index (Phi) is 5.75. The molecule has 0 saturated heterocycles. The van der Waals surface area contributed by atoms with Gasteiger partial charge >= 0.3 is 0 Å². The Balaban J connectivity index is 2.09. The Morgan fingerprint density at radius 3 is 2.67 bits per heavy atom. The van der Waals surface area contributed by atoms with Crippen LogP contribution in [-0.2, 0) is 10.3 Å². The van der Waals surface area contributed by atoms with Crippen molar-refractivity contribution in [3.8, 4) is 6.07 Å². The van der Waals surface area contributed by atoms with Gasteiger partial charge in [-0.2, -0.15) is 5.26 Å². The molecule has 0 bridgehead atoms. The standard InChI is InChI=1S/C17H25N3O/c1-3-21-12-11-20(2)14-17(13-18,19-16-9-10-16)15-7-5-4-6-8-15/h4-8,16,19H,3,9-12,14H2,1-2H3. The molecule has 1 fully saturated rings. The van der Waals surface area contributed by atoms with E-state index in [0.29, 0.717) is 19.2 Å². The van der Waals surface area contributed by atoms with E-state index in [-0.39, 0.29) is 0 Å². The summed E-state index contributed by atoms with van der Waals surface area (Å²) in [6.07, 6.45) is 2.33. The highest BCUT2D eigenvalue weighted by Crippen LogP contribution is 2.29. The van der Waals surface area contributed by atoms with Crippen LogP contribution in [0.2, 0.25) is 0 Å². The lowest BCUT2D eigenvalue weighted by Gasteiger charge is -2.33. The zero-order chi connectivity index (χ0) is 15.1. The highest BCUT2D eigenvalue weighted by Gasteiger charge is 2.38. The Morgan fingerprint density at radius 1 is 1.38 bits per heavy atom. The van der Waals surface area contributed by atoms with Crippen LogP contribution < -0.4 is 5.32 Å². The van der Waals surface area contributed by atoms with Gasteiger partial charge in [0.2, 0.25) is 0 Å². The average Bonchev–Trinajstić information content (AvgIpc) is 3.31. The molecule has 0 heterocycles. The summed E-state index contributed by atoms with van der Waals surface area (Å²) in [6.45, 7) is 4.93. The molecule has 1 aliphatic carbocycles. The molecule has 4 heteroatoms. The van der Waals surface area contributed by atoms with Crippen LogP contribution in [0.1, 0.15) is 25.3 Å². The minimum Gasteiger partial charge on any atom is -0.380 e. The summed E-state index contributed by atoms with van der Waals surface area (Å²) in [6, 6.07) is 13.1. The van der Waals surface area contributed by atoms with Gasteiger partial charge in [0.05, 0.1) is 12.7 Å². The number of hydrogen-bond acceptors (Lipinski definition) is 4. The first-order valence-corrected chi connectivity index (χ1v) is 7.71. The Hall–Kier alpha value is -1.41. The number of rotatable bonds is 9. The molecule has 0 aliphatic heterocycles. The summed E-state index contributed by atoms with van der Waals surface area (Å²) in [7, 11) is 2.04. The number of hydrogen-bond donors (Lipinski definition) is 1. The lowest BCUT2D eigenvalue weighted by Crippen LogP contribution is -2.50. The molecule has 0 amide bonds. The highest BCUT2D eigenvalue weighted by molar-refractivity contribution is 5.32. The summed E-state index contributed by atoms with van der Waals surface area (Å²) in [5.74, 6) is 0. The lowest BCUT2D eigenvalue weighted by molar-refractivity contribution is 0.114. The van der Waals surface area contributed by atoms with Gasteiger partial charge in [-0.05, 0) is 32.4 Å². The van der Waals surface area contributed by atoms with Crippen LogP contribution in [0.15, 0.2) is 30.3 Å². The zero-order valence-electron chi connectivity index (χ0n) is 13.0. The number of benzene rings is 1. The van der Waals surface area contributed by atoms with Crippen molar-refractivity contribution in [1.29, 1.82) is 5.26 Å². The third kappa shape index (κ3) is 4.53. The van der Waals surface area contributed by atoms with Gasteiger partial charge in [0.25, 0.3) is 0 Å². The van der Waals surface area contributed by atoms with Crippen molar-refractivity contribution >= 4 is 0 Å². The molecule has 0 aromatic heterocycles. The third-order valence-electron chi connectivity index (χ3n) is 3.81. The van der Waals surface area contributed by atoms with Gasteiger partial charge in [-0.3, -0.25) is 5.32 Å². The Bertz CT molecular complexity index is 467. The zero-order valence-corrected chi connectivity index (χ0v) is 13.0. The van der Waals surface area contributed by atoms with Crippen molar-refractivity contribution in [2.75, 3.05) is 33.4 Å². The van der Waals surface area contributed by atoms with Crippen molar-refractivity contribution in [2.24, 2.45) is 0 Å². The van der Waals surface area contributed by atoms with Gasteiger partial charge in [-0.15, -0.1) is 0 Å². The summed E-state index contributed by atoms with van der Waals surface area (Å²) in [5, 5.41) is 13.4. The van der Waals surface area contributed by atoms with E-state index in [1.807, 2.05) is 44.3 Å². The summed E-state index contributed by atoms with van der Waals surface area (Å²) >= 11 is 0. The second kappa shape index (κ2) is 7.56. The van der Waals surface area contributed by atoms with E-state index in [1.165, 1.54) is 12.8 Å². The molecule has 1 N–H and O–H groups in total. The first kappa shape index (κ1) is 16.0. The maximum atomic E-state index is 9.86. The quantitative estimate of drug-likeness (QED) is 0.707. The van der Waals surface area contributed by atoms with E-state index in [0.717, 1.165) is 18.7 Å². The van der Waals surface area contributed by atoms with Crippen molar-refractivity contribution in [2.45, 2.75) is 31.3 Å². The van der Waals surface area contributed by atoms with E-state index in [4.69, 9.17) is 4.74 Å². The van der Waals surface area contributed by atoms with E-state index in [9.17, 15) is 5.26 Å². The highest BCUT2D eigenvalue weighted by atomic mass is 16.5. The van der Waals surface area contributed by atoms with Crippen LogP contribution in [0, 0.1) is 11.3 Å². The number of nitrogens with one attached hydrogen (secondary N) is 1. The first-order chi connectivity index (χ1) is 10.2. The van der Waals surface area contributed by atoms with Crippen LogP contribution in [0.3, 0.4) is 0 Å². The van der Waals surface area contributed by atoms with Crippen LogP contribution in [0.5, 0.6) is 0 Å². The van der Waals surface area contributed by atoms with Crippen LogP contribution in [0.4, 0.5) is 0 Å². The summed E-state index contributed by atoms with van der Waals surface area (Å²) in [5.41, 5.74) is 0.409. The number of ether oxygens (including phenoxy) is 1. The largest absolute Gasteiger partial charge is 0.380 e. The Labute approximate surface area is 127 Å². The van der Waals surface area contributed by atoms with Crippen LogP contribution >= 0.6 is 0 Å². The molecule has 4 nitrogen and oxygen atoms in total. The minimum atomic E-state index is -0.636. The minimum absolute atomic E-state index is 0.477. The second-order valence-electron chi connectivity index (χ2n) is 5.74. The van der Waals surface area contributed by atoms with Crippen molar-refractivity contribution in [1.82, 2.24) is 10.2 Å². The molecule has 1 unspecified atom stereocenters. The number of nitrogens with zero attached hydrogens (tertiary/aromatic N) is 2. The van der Waals surface area contributed by atoms with Gasteiger partial charge in [0.15, 0.2) is 0 Å². The van der Waals surface area contributed by atoms with E-state index in [1.54, 1.807) is 0 Å². The number of likely N-dealkylation sites (N-methyl/N-ethyl adjacent to an activating group) is 1. The van der Waals surface area contributed by atoms with Gasteiger partial charge in [-0.25, -0.2) is 0 Å². The smallest absolute Gasteiger partial charge is 0.145 e. The molecule has 1 saturated carbocycles. The molecule has 2 rings (SSSR count). The van der Waals surface area contributed by atoms with Gasteiger partial charge < -0.3 is 9.64 Å². The maximum Gasteiger partial charge on any atom is 0.145 e. The van der Waals surface area contributed by atoms with Gasteiger partial charge in [-0.1, -0.05) is 30.3 Å². The van der Waals surface area contributed by atoms with Crippen molar-refractivity contribution in [3.63, 3.8) is 0 Å².